The van der Waals surface area contributed by atoms with Crippen molar-refractivity contribution in [3.8, 4) is 22.3 Å². The first-order valence-corrected chi connectivity index (χ1v) is 51.0. The summed E-state index contributed by atoms with van der Waals surface area (Å²) >= 11 is 0. The summed E-state index contributed by atoms with van der Waals surface area (Å²) in [6.45, 7) is 25.5. The van der Waals surface area contributed by atoms with Gasteiger partial charge in [0.1, 0.15) is 11.2 Å². The summed E-state index contributed by atoms with van der Waals surface area (Å²) in [5.74, 6) is -1.26. The summed E-state index contributed by atoms with van der Waals surface area (Å²) in [7, 11) is 0. The highest BCUT2D eigenvalue weighted by Gasteiger charge is 2.48. The summed E-state index contributed by atoms with van der Waals surface area (Å²) in [6.07, 6.45) is 5.28. The molecule has 0 unspecified atom stereocenters. The first kappa shape index (κ1) is 89.0. The third kappa shape index (κ3) is 13.2. The number of rotatable bonds is 6. The first-order valence-electron chi connectivity index (χ1n) is 51.0. The molecule has 0 radical (unpaired) electrons. The van der Waals surface area contributed by atoms with Crippen molar-refractivity contribution in [2.24, 2.45) is 0 Å². The van der Waals surface area contributed by atoms with Gasteiger partial charge < -0.3 is 19.1 Å². The molecule has 148 heavy (non-hydrogen) atoms. The minimum absolute atomic E-state index is 0.109. The van der Waals surface area contributed by atoms with Crippen LogP contribution >= 0.6 is 0 Å². The second-order valence-corrected chi connectivity index (χ2v) is 43.5. The molecule has 0 spiro atoms. The van der Waals surface area contributed by atoms with Crippen molar-refractivity contribution in [2.45, 2.75) is 103 Å². The third-order valence-corrected chi connectivity index (χ3v) is 33.2. The number of para-hydroxylation sites is 3. The van der Waals surface area contributed by atoms with Gasteiger partial charge in [0, 0.05) is 88.3 Å². The standard InChI is InChI=1S/C48H35NO2.C45H29NO3.C45H35NO2/c1-47(2)39-17-11-10-16-34(39)35-26-43-41(27-40(35)47)48(3,4)44-33-20-18-28(22-31(33)19-21-42(44)49(43)32-14-6-5-7-15-32)23-38-45(50)36-24-29-12-8-9-13-30(29)25-37(36)46(38)51;1-45(2)37-25-41-33(32-14-8-9-15-40(32)49-41)24-39(37)46(30-12-4-3-5-13-30)38-19-17-29-20-26(16-18-31(29)42(38)45)21-36-43(47)34-22-27-10-6-7-11-28(27)23-35(34)44(36)48;1-26-14-18-29(19-15-26)46-39-21-17-28-22-27(23-35-42(47)32-11-6-7-12-33(32)43(35)48)16-20-30(28)41(39)45(4,5)38-24-34-31-10-8-9-13-36(31)44(2,3)37(34)25-40(38)46/h5-27H,1-4H3;3-25H,1-2H3;6-25H,1-5H3. The number of ketones is 6. The molecule has 8 aliphatic rings. The van der Waals surface area contributed by atoms with Crippen LogP contribution in [0.3, 0.4) is 0 Å². The van der Waals surface area contributed by atoms with Crippen molar-refractivity contribution in [1.29, 1.82) is 0 Å². The normalized spacial score (nSPS) is 15.8. The maximum Gasteiger partial charge on any atom is 0.197 e. The molecule has 708 valence electrons. The van der Waals surface area contributed by atoms with E-state index >= 15 is 0 Å². The van der Waals surface area contributed by atoms with Gasteiger partial charge in [-0.25, -0.2) is 0 Å². The lowest BCUT2D eigenvalue weighted by atomic mass is 9.70. The number of anilines is 9. The van der Waals surface area contributed by atoms with Crippen molar-refractivity contribution in [2.75, 3.05) is 14.7 Å². The Bertz CT molecular complexity index is 9560. The van der Waals surface area contributed by atoms with Crippen LogP contribution in [-0.2, 0) is 27.1 Å². The number of nitrogens with zero attached hydrogens (tertiary/aromatic N) is 3. The second-order valence-electron chi connectivity index (χ2n) is 43.5. The average Bonchev–Trinajstić information content (AvgIpc) is 1.41. The average molecular weight is 1910 g/mol. The highest BCUT2D eigenvalue weighted by molar-refractivity contribution is 6.44. The fraction of sp³-hybridized carbons (Fsp3) is 0.116. The molecule has 0 atom stereocenters. The molecule has 0 bridgehead atoms. The molecule has 0 N–H and O–H groups in total. The molecule has 21 aromatic rings. The quantitative estimate of drug-likeness (QED) is 0.117. The molecule has 0 amide bonds. The van der Waals surface area contributed by atoms with E-state index in [2.05, 4.69) is 346 Å². The minimum Gasteiger partial charge on any atom is -0.456 e. The summed E-state index contributed by atoms with van der Waals surface area (Å²) in [5.41, 5.74) is 36.3. The Morgan fingerprint density at radius 2 is 0.534 bits per heavy atom. The monoisotopic (exact) mass is 1910 g/mol. The van der Waals surface area contributed by atoms with Crippen LogP contribution in [0.4, 0.5) is 51.2 Å². The SMILES string of the molecule is CC1(C)c2cc3oc4ccccc4c3cc2N(c2ccccc2)c2ccc3cc(C=C4C(=O)c5cc6ccccc6cc5C4=O)ccc3c21.CC1(C)c2ccccc2-c2cc3c(cc21)C(C)(C)c1c(ccc2cc(C=C4C(=O)c5cc6ccccc6cc5C4=O)ccc12)N3c1ccccc1.Cc1ccc(N2c3cc4c(cc3C(C)(C)c3c2ccc2cc(C=C5C(=O)c6ccccc6C5=O)ccc32)-c2ccccc2C4(C)C)cc1. The first-order chi connectivity index (χ1) is 71.5. The van der Waals surface area contributed by atoms with E-state index in [1.807, 2.05) is 103 Å². The van der Waals surface area contributed by atoms with Gasteiger partial charge in [-0.05, 0) is 307 Å². The Labute approximate surface area is 857 Å². The van der Waals surface area contributed by atoms with E-state index in [1.165, 1.54) is 101 Å². The van der Waals surface area contributed by atoms with E-state index in [0.29, 0.717) is 33.4 Å². The van der Waals surface area contributed by atoms with Gasteiger partial charge in [0.2, 0.25) is 0 Å². The Kier molecular flexibility index (Phi) is 19.4. The number of hydrogen-bond acceptors (Lipinski definition) is 10. The molecule has 10 heteroatoms. The van der Waals surface area contributed by atoms with Gasteiger partial charge in [-0.1, -0.05) is 324 Å². The van der Waals surface area contributed by atoms with Crippen LogP contribution in [0.1, 0.15) is 209 Å². The maximum atomic E-state index is 13.6. The predicted octanol–water partition coefficient (Wildman–Crippen LogP) is 34.4. The Hall–Kier alpha value is -17.9. The Balaban J connectivity index is 0.000000110. The van der Waals surface area contributed by atoms with Crippen LogP contribution in [0.25, 0.3) is 116 Å². The summed E-state index contributed by atoms with van der Waals surface area (Å²) < 4.78 is 6.39. The fourth-order valence-electron chi connectivity index (χ4n) is 25.8. The molecule has 1 aromatic heterocycles. The van der Waals surface area contributed by atoms with E-state index in [9.17, 15) is 28.8 Å². The van der Waals surface area contributed by atoms with Crippen molar-refractivity contribution in [1.82, 2.24) is 0 Å². The van der Waals surface area contributed by atoms with Crippen molar-refractivity contribution in [3.63, 3.8) is 0 Å². The molecule has 20 aromatic carbocycles. The van der Waals surface area contributed by atoms with Crippen LogP contribution in [0.2, 0.25) is 0 Å². The molecule has 29 rings (SSSR count). The zero-order valence-electron chi connectivity index (χ0n) is 83.8. The lowest BCUT2D eigenvalue weighted by Gasteiger charge is -2.43. The largest absolute Gasteiger partial charge is 0.456 e. The van der Waals surface area contributed by atoms with Crippen LogP contribution in [0.5, 0.6) is 0 Å². The molecular formula is C138H99N3O7. The van der Waals surface area contributed by atoms with Crippen LogP contribution in [0.15, 0.2) is 403 Å². The van der Waals surface area contributed by atoms with Gasteiger partial charge in [0.15, 0.2) is 34.7 Å². The number of carbonyl (C=O) groups is 6. The lowest BCUT2D eigenvalue weighted by molar-refractivity contribution is 0.0975. The molecule has 4 heterocycles. The fourth-order valence-corrected chi connectivity index (χ4v) is 25.8. The number of Topliss-reactive ketones (excluding diaryl/α,β-unsaturated/α-hetero) is 6. The Morgan fingerprint density at radius 1 is 0.203 bits per heavy atom. The highest BCUT2D eigenvalue weighted by atomic mass is 16.3. The number of aryl methyl sites for hydroxylation is 1. The molecule has 0 saturated carbocycles. The molecule has 0 saturated heterocycles. The van der Waals surface area contributed by atoms with Gasteiger partial charge in [-0.3, -0.25) is 28.8 Å². The van der Waals surface area contributed by atoms with Crippen molar-refractivity contribution in [3.05, 3.63) is 510 Å². The minimum atomic E-state index is -0.371. The zero-order valence-corrected chi connectivity index (χ0v) is 83.8. The highest BCUT2D eigenvalue weighted by Crippen LogP contribution is 2.63. The van der Waals surface area contributed by atoms with E-state index in [1.54, 1.807) is 42.5 Å². The van der Waals surface area contributed by atoms with Gasteiger partial charge >= 0.3 is 0 Å². The zero-order chi connectivity index (χ0) is 101. The maximum absolute atomic E-state index is 13.6. The second kappa shape index (κ2) is 32.3. The molecule has 3 aliphatic heterocycles. The number of benzene rings is 20. The van der Waals surface area contributed by atoms with Crippen LogP contribution < -0.4 is 14.7 Å². The van der Waals surface area contributed by atoms with E-state index < -0.39 is 0 Å². The summed E-state index contributed by atoms with van der Waals surface area (Å²) in [5, 5.41) is 12.7. The summed E-state index contributed by atoms with van der Waals surface area (Å²) in [4.78, 5) is 87.8. The Morgan fingerprint density at radius 3 is 0.959 bits per heavy atom. The van der Waals surface area contributed by atoms with E-state index in [0.717, 1.165) is 127 Å². The molecule has 10 nitrogen and oxygen atoms in total. The molecular weight excluding hydrogens is 1810 g/mol. The van der Waals surface area contributed by atoms with E-state index in [4.69, 9.17) is 4.42 Å². The third-order valence-electron chi connectivity index (χ3n) is 33.2. The molecule has 0 fully saturated rings. The number of carbonyl (C=O) groups excluding carboxylic acids is 6. The lowest BCUT2D eigenvalue weighted by Crippen LogP contribution is -2.31. The van der Waals surface area contributed by atoms with E-state index in [-0.39, 0.29) is 78.5 Å². The van der Waals surface area contributed by atoms with Crippen molar-refractivity contribution < 1.29 is 33.2 Å². The van der Waals surface area contributed by atoms with Gasteiger partial charge in [-0.15, -0.1) is 0 Å². The number of allylic oxidation sites excluding steroid dienone is 3. The number of fused-ring (bicyclic) bond motifs is 26. The summed E-state index contributed by atoms with van der Waals surface area (Å²) in [6, 6.07) is 132. The smallest absolute Gasteiger partial charge is 0.197 e. The topological polar surface area (TPSA) is 125 Å². The van der Waals surface area contributed by atoms with Crippen LogP contribution in [0, 0.1) is 6.92 Å². The van der Waals surface area contributed by atoms with Gasteiger partial charge in [0.05, 0.1) is 50.8 Å². The predicted molar refractivity (Wildman–Crippen MR) is 604 cm³/mol. The van der Waals surface area contributed by atoms with Crippen molar-refractivity contribution >= 4 is 180 Å². The number of furan rings is 1. The van der Waals surface area contributed by atoms with Gasteiger partial charge in [-0.2, -0.15) is 0 Å². The van der Waals surface area contributed by atoms with Crippen LogP contribution in [-0.4, -0.2) is 34.7 Å². The van der Waals surface area contributed by atoms with Gasteiger partial charge in [0.25, 0.3) is 0 Å². The molecule has 5 aliphatic carbocycles. The number of hydrogen-bond donors (Lipinski definition) is 0.